The van der Waals surface area contributed by atoms with E-state index < -0.39 is 4.92 Å². The number of benzene rings is 1. The third kappa shape index (κ3) is 3.93. The number of thiophene rings is 1. The Morgan fingerprint density at radius 3 is 2.75 bits per heavy atom. The molecule has 1 aromatic heterocycles. The van der Waals surface area contributed by atoms with Crippen molar-refractivity contribution in [2.75, 3.05) is 12.4 Å². The van der Waals surface area contributed by atoms with Gasteiger partial charge in [0.25, 0.3) is 11.6 Å². The van der Waals surface area contributed by atoms with Gasteiger partial charge >= 0.3 is 0 Å². The second kappa shape index (κ2) is 6.90. The van der Waals surface area contributed by atoms with E-state index in [1.807, 2.05) is 12.1 Å². The van der Waals surface area contributed by atoms with Crippen LogP contribution in [0.4, 0.5) is 11.4 Å². The zero-order valence-electron chi connectivity index (χ0n) is 13.0. The fourth-order valence-electron chi connectivity index (χ4n) is 2.35. The molecule has 1 amide bonds. The topological polar surface area (TPSA) is 75.5 Å². The van der Waals surface area contributed by atoms with E-state index in [2.05, 4.69) is 21.2 Å². The van der Waals surface area contributed by atoms with Crippen molar-refractivity contribution in [3.8, 4) is 0 Å². The number of amides is 1. The van der Waals surface area contributed by atoms with E-state index in [1.165, 1.54) is 6.07 Å². The zero-order valence-corrected chi connectivity index (χ0v) is 15.4. The van der Waals surface area contributed by atoms with E-state index in [-0.39, 0.29) is 11.6 Å². The first-order valence-corrected chi connectivity index (χ1v) is 9.09. The van der Waals surface area contributed by atoms with Gasteiger partial charge in [-0.05, 0) is 53.0 Å². The first kappa shape index (κ1) is 16.9. The Morgan fingerprint density at radius 1 is 1.42 bits per heavy atom. The van der Waals surface area contributed by atoms with Gasteiger partial charge in [0.05, 0.1) is 15.3 Å². The highest BCUT2D eigenvalue weighted by Crippen LogP contribution is 2.32. The molecule has 0 unspecified atom stereocenters. The lowest BCUT2D eigenvalue weighted by Gasteiger charge is -2.16. The van der Waals surface area contributed by atoms with Gasteiger partial charge < -0.3 is 10.2 Å². The van der Waals surface area contributed by atoms with Crippen LogP contribution in [0.5, 0.6) is 0 Å². The molecular formula is C16H16BrN3O3S. The summed E-state index contributed by atoms with van der Waals surface area (Å²) >= 11 is 4.95. The Kier molecular flexibility index (Phi) is 4.86. The largest absolute Gasteiger partial charge is 0.377 e. The van der Waals surface area contributed by atoms with Crippen molar-refractivity contribution in [3.05, 3.63) is 54.7 Å². The van der Waals surface area contributed by atoms with Crippen LogP contribution < -0.4 is 5.32 Å². The molecule has 0 atom stereocenters. The van der Waals surface area contributed by atoms with Gasteiger partial charge in [0.2, 0.25) is 0 Å². The summed E-state index contributed by atoms with van der Waals surface area (Å²) in [7, 11) is 1.69. The van der Waals surface area contributed by atoms with Gasteiger partial charge in [-0.3, -0.25) is 14.9 Å². The Hall–Kier alpha value is -1.93. The third-order valence-corrected chi connectivity index (χ3v) is 5.36. The number of carbonyl (C=O) groups excluding carboxylic acids is 1. The van der Waals surface area contributed by atoms with Crippen LogP contribution in [-0.2, 0) is 6.54 Å². The highest BCUT2D eigenvalue weighted by atomic mass is 79.9. The molecule has 2 aromatic rings. The summed E-state index contributed by atoms with van der Waals surface area (Å²) < 4.78 is 1.00. The number of hydrogen-bond donors (Lipinski definition) is 1. The second-order valence-corrected chi connectivity index (χ2v) is 8.32. The maximum absolute atomic E-state index is 12.6. The van der Waals surface area contributed by atoms with Gasteiger partial charge in [0.15, 0.2) is 0 Å². The molecule has 6 nitrogen and oxygen atoms in total. The monoisotopic (exact) mass is 409 g/mol. The molecule has 126 valence electrons. The summed E-state index contributed by atoms with van der Waals surface area (Å²) in [6.45, 7) is 0.463. The first-order chi connectivity index (χ1) is 11.4. The van der Waals surface area contributed by atoms with E-state index in [0.29, 0.717) is 23.8 Å². The van der Waals surface area contributed by atoms with E-state index in [0.717, 1.165) is 21.5 Å². The molecule has 1 aromatic carbocycles. The van der Waals surface area contributed by atoms with Crippen LogP contribution in [0.2, 0.25) is 0 Å². The van der Waals surface area contributed by atoms with E-state index in [4.69, 9.17) is 0 Å². The molecule has 24 heavy (non-hydrogen) atoms. The molecule has 3 rings (SSSR count). The molecule has 0 radical (unpaired) electrons. The maximum Gasteiger partial charge on any atom is 0.293 e. The summed E-state index contributed by atoms with van der Waals surface area (Å²) in [6, 6.07) is 8.81. The Bertz CT molecular complexity index is 789. The number of halogens is 1. The van der Waals surface area contributed by atoms with Crippen LogP contribution in [0.25, 0.3) is 0 Å². The van der Waals surface area contributed by atoms with Crippen molar-refractivity contribution < 1.29 is 9.72 Å². The van der Waals surface area contributed by atoms with Crippen LogP contribution in [0.3, 0.4) is 0 Å². The van der Waals surface area contributed by atoms with Crippen LogP contribution >= 0.6 is 27.3 Å². The molecule has 1 aliphatic rings. The van der Waals surface area contributed by atoms with Crippen LogP contribution in [-0.4, -0.2) is 28.8 Å². The average molecular weight is 410 g/mol. The summed E-state index contributed by atoms with van der Waals surface area (Å²) in [6.07, 6.45) is 2.05. The molecule has 1 saturated carbocycles. The minimum atomic E-state index is -0.447. The predicted octanol–water partition coefficient (Wildman–Crippen LogP) is 4.27. The lowest BCUT2D eigenvalue weighted by molar-refractivity contribution is -0.384. The predicted molar refractivity (Wildman–Crippen MR) is 97.6 cm³/mol. The summed E-state index contributed by atoms with van der Waals surface area (Å²) in [5.41, 5.74) is 0.741. The zero-order chi connectivity index (χ0) is 17.3. The van der Waals surface area contributed by atoms with Gasteiger partial charge in [-0.1, -0.05) is 0 Å². The fourth-order valence-corrected chi connectivity index (χ4v) is 3.88. The Labute approximate surface area is 151 Å². The fraction of sp³-hybridized carbons (Fsp3) is 0.312. The van der Waals surface area contributed by atoms with Crippen molar-refractivity contribution in [1.82, 2.24) is 4.90 Å². The smallest absolute Gasteiger partial charge is 0.293 e. The number of carbonyl (C=O) groups is 1. The van der Waals surface area contributed by atoms with Gasteiger partial charge in [-0.2, -0.15) is 0 Å². The van der Waals surface area contributed by atoms with Gasteiger partial charge in [0.1, 0.15) is 5.69 Å². The van der Waals surface area contributed by atoms with Crippen LogP contribution in [0.1, 0.15) is 28.1 Å². The Morgan fingerprint density at radius 2 is 2.17 bits per heavy atom. The number of nitro groups is 1. The lowest BCUT2D eigenvalue weighted by Crippen LogP contribution is -2.25. The molecule has 0 saturated heterocycles. The van der Waals surface area contributed by atoms with Crippen molar-refractivity contribution in [1.29, 1.82) is 0 Å². The molecule has 1 fully saturated rings. The minimum Gasteiger partial charge on any atom is -0.377 e. The van der Waals surface area contributed by atoms with Crippen molar-refractivity contribution in [3.63, 3.8) is 0 Å². The molecule has 1 aliphatic carbocycles. The average Bonchev–Trinajstić information content (AvgIpc) is 3.27. The van der Waals surface area contributed by atoms with E-state index >= 15 is 0 Å². The van der Waals surface area contributed by atoms with Crippen molar-refractivity contribution in [2.24, 2.45) is 0 Å². The summed E-state index contributed by atoms with van der Waals surface area (Å²) in [5.74, 6) is -0.236. The minimum absolute atomic E-state index is 0.0555. The molecule has 1 N–H and O–H groups in total. The lowest BCUT2D eigenvalue weighted by atomic mass is 10.1. The quantitative estimate of drug-likeness (QED) is 0.570. The third-order valence-electron chi connectivity index (χ3n) is 3.75. The Balaban J connectivity index is 1.78. The van der Waals surface area contributed by atoms with Crippen LogP contribution in [0, 0.1) is 10.1 Å². The number of hydrogen-bond acceptors (Lipinski definition) is 5. The molecule has 0 spiro atoms. The SMILES string of the molecule is CN(Cc1ccc(Br)s1)C(=O)c1ccc(NC2CC2)c([N+](=O)[O-])c1. The first-order valence-electron chi connectivity index (χ1n) is 7.48. The second-order valence-electron chi connectivity index (χ2n) is 5.77. The van der Waals surface area contributed by atoms with Crippen LogP contribution in [0.15, 0.2) is 34.1 Å². The standard InChI is InChI=1S/C16H16BrN3O3S/c1-19(9-12-5-7-15(17)24-12)16(21)10-2-6-13(18-11-3-4-11)14(8-10)20(22)23/h2,5-8,11,18H,3-4,9H2,1H3. The number of anilines is 1. The van der Waals surface area contributed by atoms with Gasteiger partial charge in [-0.25, -0.2) is 0 Å². The highest BCUT2D eigenvalue weighted by molar-refractivity contribution is 9.11. The van der Waals surface area contributed by atoms with Gasteiger partial charge in [-0.15, -0.1) is 11.3 Å². The normalized spacial score (nSPS) is 13.6. The summed E-state index contributed by atoms with van der Waals surface area (Å²) in [5, 5.41) is 14.4. The highest BCUT2D eigenvalue weighted by Gasteiger charge is 2.26. The number of nitro benzene ring substituents is 1. The number of nitrogens with zero attached hydrogens (tertiary/aromatic N) is 2. The van der Waals surface area contributed by atoms with Crippen molar-refractivity contribution in [2.45, 2.75) is 25.4 Å². The van der Waals surface area contributed by atoms with Gasteiger partial charge in [0, 0.05) is 29.6 Å². The molecule has 1 heterocycles. The maximum atomic E-state index is 12.6. The number of nitrogens with one attached hydrogen (secondary N) is 1. The van der Waals surface area contributed by atoms with Crippen molar-refractivity contribution >= 4 is 44.5 Å². The molecule has 0 bridgehead atoms. The number of rotatable bonds is 6. The van der Waals surface area contributed by atoms with E-state index in [9.17, 15) is 14.9 Å². The molecule has 0 aliphatic heterocycles. The molecule has 8 heteroatoms. The molecular weight excluding hydrogens is 394 g/mol. The van der Waals surface area contributed by atoms with E-state index in [1.54, 1.807) is 35.4 Å². The summed E-state index contributed by atoms with van der Waals surface area (Å²) in [4.78, 5) is 26.0.